The number of ether oxygens (including phenoxy) is 2. The molecule has 0 radical (unpaired) electrons. The number of piperazine rings is 1. The number of carbonyl (C=O) groups excluding carboxylic acids is 2. The van der Waals surface area contributed by atoms with Crippen molar-refractivity contribution in [3.8, 4) is 11.3 Å². The number of anilines is 3. The van der Waals surface area contributed by atoms with Crippen LogP contribution < -0.4 is 10.2 Å². The minimum Gasteiger partial charge on any atom is -0.464 e. The number of amides is 1. The molecule has 1 aromatic heterocycles. The maximum atomic E-state index is 14.5. The first-order valence-electron chi connectivity index (χ1n) is 11.3. The van der Waals surface area contributed by atoms with Gasteiger partial charge in [-0.15, -0.1) is 10.2 Å². The van der Waals surface area contributed by atoms with Crippen molar-refractivity contribution >= 4 is 40.5 Å². The number of halogens is 2. The van der Waals surface area contributed by atoms with Gasteiger partial charge in [-0.1, -0.05) is 17.7 Å². The first-order chi connectivity index (χ1) is 17.4. The van der Waals surface area contributed by atoms with Gasteiger partial charge in [0.25, 0.3) is 0 Å². The molecule has 2 aliphatic rings. The van der Waals surface area contributed by atoms with E-state index in [1.807, 2.05) is 12.1 Å². The number of methoxy groups -OCH3 is 1. The Balaban J connectivity index is 1.37. The van der Waals surface area contributed by atoms with Crippen LogP contribution in [0.3, 0.4) is 0 Å². The maximum absolute atomic E-state index is 14.5. The van der Waals surface area contributed by atoms with Gasteiger partial charge in [-0.2, -0.15) is 0 Å². The summed E-state index contributed by atoms with van der Waals surface area (Å²) in [5, 5.41) is 11.2. The molecule has 2 aliphatic heterocycles. The molecule has 0 unspecified atom stereocenters. The summed E-state index contributed by atoms with van der Waals surface area (Å²) in [6.07, 6.45) is 0. The Kier molecular flexibility index (Phi) is 6.82. The van der Waals surface area contributed by atoms with E-state index >= 15 is 0 Å². The third-order valence-electron chi connectivity index (χ3n) is 6.24. The average Bonchev–Trinajstić information content (AvgIpc) is 2.83. The van der Waals surface area contributed by atoms with Gasteiger partial charge in [-0.3, -0.25) is 9.69 Å². The van der Waals surface area contributed by atoms with Gasteiger partial charge < -0.3 is 19.7 Å². The third kappa shape index (κ3) is 4.75. The van der Waals surface area contributed by atoms with Gasteiger partial charge in [0.2, 0.25) is 5.91 Å². The lowest BCUT2D eigenvalue weighted by Gasteiger charge is -2.42. The average molecular weight is 512 g/mol. The molecule has 3 aromatic rings. The van der Waals surface area contributed by atoms with E-state index in [-0.39, 0.29) is 33.6 Å². The highest BCUT2D eigenvalue weighted by Gasteiger charge is 2.33. The fourth-order valence-corrected chi connectivity index (χ4v) is 4.45. The molecule has 11 heteroatoms. The van der Waals surface area contributed by atoms with Crippen molar-refractivity contribution in [1.29, 1.82) is 0 Å². The van der Waals surface area contributed by atoms with Gasteiger partial charge in [-0.25, -0.2) is 9.18 Å². The fraction of sp³-hybridized carbons (Fsp3) is 0.280. The zero-order chi connectivity index (χ0) is 25.2. The van der Waals surface area contributed by atoms with Crippen molar-refractivity contribution in [2.75, 3.05) is 50.2 Å². The van der Waals surface area contributed by atoms with Gasteiger partial charge in [0.05, 0.1) is 54.9 Å². The van der Waals surface area contributed by atoms with Crippen LogP contribution in [0.5, 0.6) is 0 Å². The molecule has 2 saturated heterocycles. The molecule has 3 heterocycles. The van der Waals surface area contributed by atoms with Gasteiger partial charge in [0, 0.05) is 24.5 Å². The molecule has 0 saturated carbocycles. The van der Waals surface area contributed by atoms with Crippen molar-refractivity contribution in [2.24, 2.45) is 0 Å². The van der Waals surface area contributed by atoms with Crippen molar-refractivity contribution in [2.45, 2.75) is 6.04 Å². The summed E-state index contributed by atoms with van der Waals surface area (Å²) in [7, 11) is 1.24. The van der Waals surface area contributed by atoms with Crippen molar-refractivity contribution in [3.05, 3.63) is 65.1 Å². The summed E-state index contributed by atoms with van der Waals surface area (Å²) in [6.45, 7) is 3.09. The lowest BCUT2D eigenvalue weighted by atomic mass is 10.1. The number of hydrogen-bond acceptors (Lipinski definition) is 8. The van der Waals surface area contributed by atoms with E-state index < -0.39 is 11.8 Å². The molecular formula is C25H23ClFN5O4. The van der Waals surface area contributed by atoms with Gasteiger partial charge >= 0.3 is 5.97 Å². The van der Waals surface area contributed by atoms with E-state index in [0.29, 0.717) is 38.0 Å². The van der Waals surface area contributed by atoms with Crippen LogP contribution in [-0.4, -0.2) is 73.0 Å². The molecule has 186 valence electrons. The van der Waals surface area contributed by atoms with Crippen LogP contribution in [0.4, 0.5) is 21.5 Å². The van der Waals surface area contributed by atoms with Crippen molar-refractivity contribution in [3.63, 3.8) is 0 Å². The van der Waals surface area contributed by atoms with Crippen LogP contribution in [0.25, 0.3) is 11.3 Å². The first-order valence-corrected chi connectivity index (χ1v) is 11.7. The zero-order valence-corrected chi connectivity index (χ0v) is 20.2. The van der Waals surface area contributed by atoms with E-state index in [1.54, 1.807) is 23.1 Å². The third-order valence-corrected chi connectivity index (χ3v) is 6.55. The monoisotopic (exact) mass is 511 g/mol. The van der Waals surface area contributed by atoms with Crippen LogP contribution in [0, 0.1) is 5.82 Å². The van der Waals surface area contributed by atoms with Crippen molar-refractivity contribution < 1.29 is 23.5 Å². The second-order valence-corrected chi connectivity index (χ2v) is 8.87. The first kappa shape index (κ1) is 24.1. The standard InChI is InChI=1S/C25H23ClFN5O4/c1-35-25(34)24-21(11-20(29-30-24)23-18(26)3-2-4-19(23)27)28-15-5-7-16(8-6-15)32-10-9-31(12-22(32)33)17-13-36-14-17/h2-8,11,17H,9-10,12-14H2,1H3,(H,28,29). The molecule has 2 fully saturated rings. The minimum atomic E-state index is -0.701. The quantitative estimate of drug-likeness (QED) is 0.502. The number of rotatable bonds is 6. The Morgan fingerprint density at radius 3 is 2.58 bits per heavy atom. The predicted octanol–water partition coefficient (Wildman–Crippen LogP) is 3.51. The smallest absolute Gasteiger partial charge is 0.360 e. The molecule has 1 amide bonds. The SMILES string of the molecule is COC(=O)c1nnc(-c2c(F)cccc2Cl)cc1Nc1ccc(N2CCN(C3COC3)CC2=O)cc1. The maximum Gasteiger partial charge on any atom is 0.360 e. The lowest BCUT2D eigenvalue weighted by Crippen LogP contribution is -2.58. The highest BCUT2D eigenvalue weighted by atomic mass is 35.5. The molecule has 1 N–H and O–H groups in total. The minimum absolute atomic E-state index is 0.0339. The molecule has 0 atom stereocenters. The molecule has 5 rings (SSSR count). The zero-order valence-electron chi connectivity index (χ0n) is 19.4. The largest absolute Gasteiger partial charge is 0.464 e. The molecule has 0 spiro atoms. The Hall–Kier alpha value is -3.60. The lowest BCUT2D eigenvalue weighted by molar-refractivity contribution is -0.127. The normalized spacial score (nSPS) is 16.5. The van der Waals surface area contributed by atoms with E-state index in [1.165, 1.54) is 25.3 Å². The van der Waals surface area contributed by atoms with E-state index in [9.17, 15) is 14.0 Å². The highest BCUT2D eigenvalue weighted by molar-refractivity contribution is 6.33. The second-order valence-electron chi connectivity index (χ2n) is 8.46. The van der Waals surface area contributed by atoms with Crippen LogP contribution in [0.1, 0.15) is 10.5 Å². The van der Waals surface area contributed by atoms with Gasteiger partial charge in [0.1, 0.15) is 5.82 Å². The molecular weight excluding hydrogens is 489 g/mol. The summed E-state index contributed by atoms with van der Waals surface area (Å²) < 4.78 is 24.5. The number of hydrogen-bond donors (Lipinski definition) is 1. The molecule has 36 heavy (non-hydrogen) atoms. The van der Waals surface area contributed by atoms with E-state index in [0.717, 1.165) is 12.2 Å². The van der Waals surface area contributed by atoms with Gasteiger partial charge in [-0.05, 0) is 42.5 Å². The van der Waals surface area contributed by atoms with Crippen LogP contribution in [0.15, 0.2) is 48.5 Å². The number of aromatic nitrogens is 2. The summed E-state index contributed by atoms with van der Waals surface area (Å²) in [6, 6.07) is 13.3. The second kappa shape index (κ2) is 10.2. The summed E-state index contributed by atoms with van der Waals surface area (Å²) >= 11 is 6.19. The predicted molar refractivity (Wildman–Crippen MR) is 132 cm³/mol. The van der Waals surface area contributed by atoms with Crippen LogP contribution >= 0.6 is 11.6 Å². The molecule has 0 bridgehead atoms. The van der Waals surface area contributed by atoms with E-state index in [4.69, 9.17) is 21.1 Å². The van der Waals surface area contributed by atoms with Crippen molar-refractivity contribution in [1.82, 2.24) is 15.1 Å². The number of carbonyl (C=O) groups is 2. The Morgan fingerprint density at radius 1 is 1.17 bits per heavy atom. The van der Waals surface area contributed by atoms with E-state index in [2.05, 4.69) is 20.4 Å². The number of nitrogens with one attached hydrogen (secondary N) is 1. The summed E-state index contributed by atoms with van der Waals surface area (Å²) in [5.74, 6) is -1.23. The van der Waals surface area contributed by atoms with Crippen LogP contribution in [-0.2, 0) is 14.3 Å². The fourth-order valence-electron chi connectivity index (χ4n) is 4.19. The Labute approximate surface area is 211 Å². The highest BCUT2D eigenvalue weighted by Crippen LogP contribution is 2.32. The Bertz CT molecular complexity index is 1280. The Morgan fingerprint density at radius 2 is 1.94 bits per heavy atom. The van der Waals surface area contributed by atoms with Gasteiger partial charge in [0.15, 0.2) is 5.69 Å². The summed E-state index contributed by atoms with van der Waals surface area (Å²) in [4.78, 5) is 28.9. The summed E-state index contributed by atoms with van der Waals surface area (Å²) in [5.41, 5.74) is 1.84. The molecule has 2 aromatic carbocycles. The molecule has 0 aliphatic carbocycles. The topological polar surface area (TPSA) is 96.9 Å². The number of benzene rings is 2. The number of nitrogens with zero attached hydrogens (tertiary/aromatic N) is 4. The number of esters is 1. The van der Waals surface area contributed by atoms with Crippen LogP contribution in [0.2, 0.25) is 5.02 Å². The molecule has 9 nitrogen and oxygen atoms in total.